The second-order valence-corrected chi connectivity index (χ2v) is 12.0. The Morgan fingerprint density at radius 1 is 1.10 bits per heavy atom. The van der Waals surface area contributed by atoms with E-state index >= 15 is 0 Å². The fourth-order valence-electron chi connectivity index (χ4n) is 5.38. The Labute approximate surface area is 235 Å². The summed E-state index contributed by atoms with van der Waals surface area (Å²) in [6.07, 6.45) is 2.17. The number of carbonyl (C=O) groups is 1. The molecule has 2 fully saturated rings. The summed E-state index contributed by atoms with van der Waals surface area (Å²) in [7, 11) is 0. The first-order valence-electron chi connectivity index (χ1n) is 13.9. The highest BCUT2D eigenvalue weighted by Gasteiger charge is 2.35. The van der Waals surface area contributed by atoms with Gasteiger partial charge < -0.3 is 19.5 Å². The Morgan fingerprint density at radius 3 is 2.69 bits per heavy atom. The number of carboxylic acids is 1. The van der Waals surface area contributed by atoms with Crippen LogP contribution in [0.5, 0.6) is 5.75 Å². The van der Waals surface area contributed by atoms with E-state index in [0.29, 0.717) is 26.0 Å². The highest BCUT2D eigenvalue weighted by Crippen LogP contribution is 2.37. The van der Waals surface area contributed by atoms with Crippen LogP contribution in [0.2, 0.25) is 0 Å². The van der Waals surface area contributed by atoms with Gasteiger partial charge in [0.1, 0.15) is 12.4 Å². The summed E-state index contributed by atoms with van der Waals surface area (Å²) in [4.78, 5) is 21.4. The molecule has 2 aliphatic rings. The molecule has 7 nitrogen and oxygen atoms in total. The first kappa shape index (κ1) is 27.6. The number of nitrogens with zero attached hydrogens (tertiary/aromatic N) is 3. The maximum atomic E-state index is 11.8. The number of aliphatic carboxylic acids is 1. The third-order valence-corrected chi connectivity index (χ3v) is 8.98. The maximum absolute atomic E-state index is 11.8. The predicted molar refractivity (Wildman–Crippen MR) is 156 cm³/mol. The van der Waals surface area contributed by atoms with Gasteiger partial charge in [-0.05, 0) is 68.9 Å². The molecule has 2 saturated heterocycles. The van der Waals surface area contributed by atoms with Crippen molar-refractivity contribution >= 4 is 22.4 Å². The summed E-state index contributed by atoms with van der Waals surface area (Å²) in [5.41, 5.74) is 6.12. The quantitative estimate of drug-likeness (QED) is 0.374. The molecule has 208 valence electrons. The van der Waals surface area contributed by atoms with Crippen molar-refractivity contribution in [3.05, 3.63) is 64.0 Å². The van der Waals surface area contributed by atoms with E-state index in [1.807, 2.05) is 13.0 Å². The van der Waals surface area contributed by atoms with Crippen molar-refractivity contribution in [2.45, 2.75) is 53.2 Å². The predicted octanol–water partition coefficient (Wildman–Crippen LogP) is 5.92. The number of morpholine rings is 1. The van der Waals surface area contributed by atoms with Crippen molar-refractivity contribution < 1.29 is 19.4 Å². The summed E-state index contributed by atoms with van der Waals surface area (Å²) in [5.74, 6) is 0.122. The number of aryl methyl sites for hydroxylation is 2. The molecule has 3 heterocycles. The summed E-state index contributed by atoms with van der Waals surface area (Å²) < 4.78 is 11.9. The highest BCUT2D eigenvalue weighted by atomic mass is 32.1. The summed E-state index contributed by atoms with van der Waals surface area (Å²) >= 11 is 1.62. The number of benzene rings is 2. The van der Waals surface area contributed by atoms with Crippen LogP contribution in [0.4, 0.5) is 5.13 Å². The van der Waals surface area contributed by atoms with Crippen molar-refractivity contribution in [3.63, 3.8) is 0 Å². The van der Waals surface area contributed by atoms with E-state index in [-0.39, 0.29) is 0 Å². The van der Waals surface area contributed by atoms with Crippen LogP contribution in [0.1, 0.15) is 48.4 Å². The number of anilines is 1. The summed E-state index contributed by atoms with van der Waals surface area (Å²) in [6.45, 7) is 12.7. The molecule has 0 amide bonds. The van der Waals surface area contributed by atoms with Crippen molar-refractivity contribution in [1.29, 1.82) is 0 Å². The first-order valence-corrected chi connectivity index (χ1v) is 14.7. The van der Waals surface area contributed by atoms with Crippen LogP contribution < -0.4 is 9.64 Å². The van der Waals surface area contributed by atoms with Gasteiger partial charge in [0, 0.05) is 43.7 Å². The molecule has 0 bridgehead atoms. The second kappa shape index (κ2) is 12.1. The van der Waals surface area contributed by atoms with E-state index < -0.39 is 11.4 Å². The molecule has 0 aliphatic carbocycles. The minimum Gasteiger partial charge on any atom is -0.488 e. The maximum Gasteiger partial charge on any atom is 0.309 e. The first-order chi connectivity index (χ1) is 18.8. The number of hydrogen-bond acceptors (Lipinski definition) is 7. The molecular weight excluding hydrogens is 510 g/mol. The van der Waals surface area contributed by atoms with Gasteiger partial charge in [-0.1, -0.05) is 29.8 Å². The fraction of sp³-hybridized carbons (Fsp3) is 0.484. The van der Waals surface area contributed by atoms with Crippen molar-refractivity contribution in [2.24, 2.45) is 5.41 Å². The lowest BCUT2D eigenvalue weighted by Crippen LogP contribution is -2.35. The molecule has 1 N–H and O–H groups in total. The molecule has 5 rings (SSSR count). The number of carboxylic acid groups (broad SMARTS) is 1. The molecule has 2 aliphatic heterocycles. The third-order valence-electron chi connectivity index (χ3n) is 8.08. The molecule has 3 aromatic rings. The highest BCUT2D eigenvalue weighted by molar-refractivity contribution is 7.14. The lowest BCUT2D eigenvalue weighted by atomic mass is 9.83. The number of ether oxygens (including phenoxy) is 2. The van der Waals surface area contributed by atoms with E-state index in [1.54, 1.807) is 11.3 Å². The Bertz CT molecular complexity index is 1300. The molecule has 2 aromatic carbocycles. The lowest BCUT2D eigenvalue weighted by Gasteiger charge is -2.26. The van der Waals surface area contributed by atoms with Crippen molar-refractivity contribution in [1.82, 2.24) is 9.88 Å². The topological polar surface area (TPSA) is 75.1 Å². The van der Waals surface area contributed by atoms with Gasteiger partial charge in [-0.2, -0.15) is 0 Å². The van der Waals surface area contributed by atoms with Gasteiger partial charge in [-0.15, -0.1) is 11.3 Å². The van der Waals surface area contributed by atoms with E-state index in [1.165, 1.54) is 16.7 Å². The average molecular weight is 550 g/mol. The van der Waals surface area contributed by atoms with Crippen LogP contribution in [0, 0.1) is 19.3 Å². The van der Waals surface area contributed by atoms with E-state index in [4.69, 9.17) is 14.5 Å². The van der Waals surface area contributed by atoms with Crippen LogP contribution in [0.3, 0.4) is 0 Å². The number of rotatable bonds is 8. The van der Waals surface area contributed by atoms with E-state index in [0.717, 1.165) is 73.5 Å². The van der Waals surface area contributed by atoms with Crippen LogP contribution in [0.25, 0.3) is 11.3 Å². The van der Waals surface area contributed by atoms with Gasteiger partial charge in [0.2, 0.25) is 0 Å². The van der Waals surface area contributed by atoms with Gasteiger partial charge in [0.15, 0.2) is 5.13 Å². The number of hydrogen-bond donors (Lipinski definition) is 1. The minimum atomic E-state index is -0.701. The van der Waals surface area contributed by atoms with Crippen LogP contribution in [0.15, 0.2) is 41.8 Å². The summed E-state index contributed by atoms with van der Waals surface area (Å²) in [6, 6.07) is 12.9. The minimum absolute atomic E-state index is 0.497. The van der Waals surface area contributed by atoms with Gasteiger partial charge in [-0.3, -0.25) is 9.69 Å². The normalized spacial score (nSPS) is 20.5. The third kappa shape index (κ3) is 6.62. The molecule has 0 radical (unpaired) electrons. The Morgan fingerprint density at radius 2 is 1.92 bits per heavy atom. The van der Waals surface area contributed by atoms with Crippen LogP contribution >= 0.6 is 11.3 Å². The molecule has 1 aromatic heterocycles. The lowest BCUT2D eigenvalue weighted by molar-refractivity contribution is -0.148. The molecule has 39 heavy (non-hydrogen) atoms. The smallest absolute Gasteiger partial charge is 0.309 e. The van der Waals surface area contributed by atoms with E-state index in [2.05, 4.69) is 59.4 Å². The van der Waals surface area contributed by atoms with Crippen LogP contribution in [-0.2, 0) is 22.7 Å². The van der Waals surface area contributed by atoms with Crippen molar-refractivity contribution in [3.8, 4) is 17.0 Å². The summed E-state index contributed by atoms with van der Waals surface area (Å²) in [5, 5.41) is 12.7. The molecule has 1 unspecified atom stereocenters. The molecule has 1 atom stereocenters. The number of thiazole rings is 1. The monoisotopic (exact) mass is 549 g/mol. The Balaban J connectivity index is 1.27. The second-order valence-electron chi connectivity index (χ2n) is 11.2. The average Bonchev–Trinajstić information content (AvgIpc) is 3.32. The Hall–Kier alpha value is -2.94. The zero-order chi connectivity index (χ0) is 27.4. The number of aromatic nitrogens is 1. The standard InChI is InChI=1S/C31H39N3O4S/c1-22-5-8-28(38-20-25-7-6-24(18-23(25)2)19-33-13-15-37-16-14-33)26(17-22)27-21-39-30(32-27)34-11-4-9-31(3,10-12-34)29(35)36/h5-8,17-18,21H,4,9-16,19-20H2,1-3H3,(H,35,36). The van der Waals surface area contributed by atoms with Gasteiger partial charge in [-0.25, -0.2) is 4.98 Å². The van der Waals surface area contributed by atoms with Crippen LogP contribution in [-0.4, -0.2) is 60.4 Å². The van der Waals surface area contributed by atoms with Gasteiger partial charge in [0.05, 0.1) is 24.3 Å². The molecule has 0 spiro atoms. The SMILES string of the molecule is Cc1ccc(OCc2ccc(CN3CCOCC3)cc2C)c(-c2csc(N3CCCC(C)(C(=O)O)CC3)n2)c1. The van der Waals surface area contributed by atoms with Gasteiger partial charge in [0.25, 0.3) is 0 Å². The zero-order valence-corrected chi connectivity index (χ0v) is 24.1. The van der Waals surface area contributed by atoms with E-state index in [9.17, 15) is 9.90 Å². The molecule has 8 heteroatoms. The zero-order valence-electron chi connectivity index (χ0n) is 23.2. The van der Waals surface area contributed by atoms with Crippen molar-refractivity contribution in [2.75, 3.05) is 44.3 Å². The molecule has 0 saturated carbocycles. The fourth-order valence-corrected chi connectivity index (χ4v) is 6.26. The Kier molecular flexibility index (Phi) is 8.54. The largest absolute Gasteiger partial charge is 0.488 e. The molecular formula is C31H39N3O4S. The van der Waals surface area contributed by atoms with Gasteiger partial charge >= 0.3 is 5.97 Å².